The highest BCUT2D eigenvalue weighted by Crippen LogP contribution is 2.42. The van der Waals surface area contributed by atoms with Crippen molar-refractivity contribution in [3.8, 4) is 0 Å². The molecular weight excluding hydrogens is 182 g/mol. The van der Waals surface area contributed by atoms with Crippen LogP contribution in [0.2, 0.25) is 0 Å². The van der Waals surface area contributed by atoms with Gasteiger partial charge in [0.1, 0.15) is 11.7 Å². The van der Waals surface area contributed by atoms with Crippen LogP contribution < -0.4 is 5.73 Å². The Kier molecular flexibility index (Phi) is 2.84. The van der Waals surface area contributed by atoms with E-state index in [-0.39, 0.29) is 0 Å². The second-order valence-corrected chi connectivity index (χ2v) is 4.85. The molecule has 0 aromatic heterocycles. The normalized spacial score (nSPS) is 29.8. The monoisotopic (exact) mass is 199 g/mol. The van der Waals surface area contributed by atoms with E-state index in [9.17, 15) is 0 Å². The first kappa shape index (κ1) is 9.41. The standard InChI is InChI=1S/C10H17NOS/c1-2-8(11)7-3-4-10-9(5-7)12-6-13-10/h7-8H,2-6,11H2,1H3. The molecular formula is C10H17NOS. The summed E-state index contributed by atoms with van der Waals surface area (Å²) in [6.07, 6.45) is 4.61. The number of ether oxygens (including phenoxy) is 1. The predicted octanol–water partition coefficient (Wildman–Crippen LogP) is 2.46. The van der Waals surface area contributed by atoms with Gasteiger partial charge in [0, 0.05) is 17.4 Å². The Morgan fingerprint density at radius 1 is 1.69 bits per heavy atom. The predicted molar refractivity (Wildman–Crippen MR) is 56.2 cm³/mol. The average Bonchev–Trinajstić information content (AvgIpc) is 2.63. The lowest BCUT2D eigenvalue weighted by Gasteiger charge is -2.26. The lowest BCUT2D eigenvalue weighted by molar-refractivity contribution is 0.225. The van der Waals surface area contributed by atoms with Gasteiger partial charge in [-0.1, -0.05) is 18.7 Å². The highest BCUT2D eigenvalue weighted by molar-refractivity contribution is 8.03. The van der Waals surface area contributed by atoms with Gasteiger partial charge in [-0.05, 0) is 25.2 Å². The fourth-order valence-corrected chi connectivity index (χ4v) is 2.98. The number of hydrogen-bond acceptors (Lipinski definition) is 3. The second-order valence-electron chi connectivity index (χ2n) is 3.83. The molecule has 2 unspecified atom stereocenters. The van der Waals surface area contributed by atoms with Crippen molar-refractivity contribution in [3.05, 3.63) is 10.7 Å². The van der Waals surface area contributed by atoms with Gasteiger partial charge in [0.25, 0.3) is 0 Å². The van der Waals surface area contributed by atoms with Gasteiger partial charge in [-0.15, -0.1) is 0 Å². The topological polar surface area (TPSA) is 35.2 Å². The van der Waals surface area contributed by atoms with Crippen molar-refractivity contribution >= 4 is 11.8 Å². The first-order chi connectivity index (χ1) is 6.31. The van der Waals surface area contributed by atoms with Crippen LogP contribution in [0, 0.1) is 5.92 Å². The summed E-state index contributed by atoms with van der Waals surface area (Å²) >= 11 is 1.86. The third-order valence-corrected chi connectivity index (χ3v) is 4.06. The fraction of sp³-hybridized carbons (Fsp3) is 0.800. The highest BCUT2D eigenvalue weighted by Gasteiger charge is 2.28. The van der Waals surface area contributed by atoms with Crippen molar-refractivity contribution < 1.29 is 4.74 Å². The first-order valence-corrected chi connectivity index (χ1v) is 6.03. The Labute approximate surface area is 83.9 Å². The van der Waals surface area contributed by atoms with Crippen molar-refractivity contribution in [2.45, 2.75) is 38.6 Å². The van der Waals surface area contributed by atoms with Crippen LogP contribution >= 0.6 is 11.8 Å². The van der Waals surface area contributed by atoms with E-state index in [4.69, 9.17) is 10.5 Å². The Hall–Kier alpha value is -0.150. The van der Waals surface area contributed by atoms with E-state index in [0.29, 0.717) is 12.0 Å². The molecule has 2 rings (SSSR count). The summed E-state index contributed by atoms with van der Waals surface area (Å²) in [6, 6.07) is 0.364. The third-order valence-electron chi connectivity index (χ3n) is 3.04. The molecule has 0 aromatic carbocycles. The summed E-state index contributed by atoms with van der Waals surface area (Å²) in [6.45, 7) is 2.17. The van der Waals surface area contributed by atoms with Gasteiger partial charge in [0.15, 0.2) is 0 Å². The van der Waals surface area contributed by atoms with E-state index in [2.05, 4.69) is 6.92 Å². The maximum absolute atomic E-state index is 6.05. The number of hydrogen-bond donors (Lipinski definition) is 1. The molecule has 3 heteroatoms. The van der Waals surface area contributed by atoms with Gasteiger partial charge in [-0.2, -0.15) is 0 Å². The zero-order chi connectivity index (χ0) is 9.26. The van der Waals surface area contributed by atoms with E-state index < -0.39 is 0 Å². The largest absolute Gasteiger partial charge is 0.486 e. The van der Waals surface area contributed by atoms with Gasteiger partial charge in [0.2, 0.25) is 0 Å². The summed E-state index contributed by atoms with van der Waals surface area (Å²) in [4.78, 5) is 1.49. The van der Waals surface area contributed by atoms with Crippen molar-refractivity contribution in [2.24, 2.45) is 11.7 Å². The van der Waals surface area contributed by atoms with Crippen LogP contribution in [-0.4, -0.2) is 12.0 Å². The molecule has 1 aliphatic heterocycles. The molecule has 0 spiro atoms. The molecule has 0 saturated carbocycles. The molecule has 0 amide bonds. The number of nitrogens with two attached hydrogens (primary N) is 1. The smallest absolute Gasteiger partial charge is 0.138 e. The maximum Gasteiger partial charge on any atom is 0.138 e. The fourth-order valence-electron chi connectivity index (χ4n) is 2.07. The lowest BCUT2D eigenvalue weighted by Crippen LogP contribution is -2.31. The van der Waals surface area contributed by atoms with Crippen molar-refractivity contribution in [1.82, 2.24) is 0 Å². The molecule has 0 fully saturated rings. The summed E-state index contributed by atoms with van der Waals surface area (Å²) < 4.78 is 5.57. The summed E-state index contributed by atoms with van der Waals surface area (Å²) in [5.74, 6) is 2.73. The van der Waals surface area contributed by atoms with Gasteiger partial charge < -0.3 is 10.5 Å². The quantitative estimate of drug-likeness (QED) is 0.742. The minimum absolute atomic E-state index is 0.364. The van der Waals surface area contributed by atoms with Gasteiger partial charge >= 0.3 is 0 Å². The van der Waals surface area contributed by atoms with Crippen molar-refractivity contribution in [2.75, 3.05) is 5.94 Å². The highest BCUT2D eigenvalue weighted by atomic mass is 32.2. The van der Waals surface area contributed by atoms with Crippen molar-refractivity contribution in [3.63, 3.8) is 0 Å². The van der Waals surface area contributed by atoms with Crippen molar-refractivity contribution in [1.29, 1.82) is 0 Å². The van der Waals surface area contributed by atoms with Crippen LogP contribution in [0.25, 0.3) is 0 Å². The van der Waals surface area contributed by atoms with E-state index >= 15 is 0 Å². The maximum atomic E-state index is 6.05. The summed E-state index contributed by atoms with van der Waals surface area (Å²) in [7, 11) is 0. The Balaban J connectivity index is 1.99. The molecule has 1 aliphatic carbocycles. The average molecular weight is 199 g/mol. The molecule has 2 atom stereocenters. The number of allylic oxidation sites excluding steroid dienone is 2. The molecule has 2 nitrogen and oxygen atoms in total. The molecule has 0 saturated heterocycles. The van der Waals surface area contributed by atoms with Gasteiger partial charge in [0.05, 0.1) is 0 Å². The van der Waals surface area contributed by atoms with Crippen LogP contribution in [0.1, 0.15) is 32.6 Å². The molecule has 13 heavy (non-hydrogen) atoms. The van der Waals surface area contributed by atoms with E-state index in [0.717, 1.165) is 18.8 Å². The minimum atomic E-state index is 0.364. The van der Waals surface area contributed by atoms with E-state index in [1.807, 2.05) is 11.8 Å². The number of rotatable bonds is 2. The Bertz CT molecular complexity index is 227. The van der Waals surface area contributed by atoms with Crippen LogP contribution in [0.5, 0.6) is 0 Å². The molecule has 74 valence electrons. The summed E-state index contributed by atoms with van der Waals surface area (Å²) in [5, 5.41) is 0. The Morgan fingerprint density at radius 2 is 2.54 bits per heavy atom. The van der Waals surface area contributed by atoms with E-state index in [1.165, 1.54) is 23.5 Å². The van der Waals surface area contributed by atoms with Crippen LogP contribution in [0.3, 0.4) is 0 Å². The van der Waals surface area contributed by atoms with E-state index in [1.54, 1.807) is 0 Å². The molecule has 0 aromatic rings. The molecule has 0 radical (unpaired) electrons. The van der Waals surface area contributed by atoms with Gasteiger partial charge in [-0.25, -0.2) is 0 Å². The lowest BCUT2D eigenvalue weighted by atomic mass is 9.86. The van der Waals surface area contributed by atoms with Gasteiger partial charge in [-0.3, -0.25) is 0 Å². The summed E-state index contributed by atoms with van der Waals surface area (Å²) in [5.41, 5.74) is 6.05. The third kappa shape index (κ3) is 1.86. The van der Waals surface area contributed by atoms with Crippen LogP contribution in [0.4, 0.5) is 0 Å². The zero-order valence-electron chi connectivity index (χ0n) is 8.08. The minimum Gasteiger partial charge on any atom is -0.486 e. The Morgan fingerprint density at radius 3 is 3.31 bits per heavy atom. The first-order valence-electron chi connectivity index (χ1n) is 5.04. The SMILES string of the molecule is CCC(N)C1CCC2=C(C1)OCS2. The second kappa shape index (κ2) is 3.93. The molecule has 2 aliphatic rings. The van der Waals surface area contributed by atoms with Crippen LogP contribution in [-0.2, 0) is 4.74 Å². The molecule has 2 N–H and O–H groups in total. The molecule has 0 bridgehead atoms. The number of thioether (sulfide) groups is 1. The molecule has 1 heterocycles. The zero-order valence-corrected chi connectivity index (χ0v) is 8.90. The van der Waals surface area contributed by atoms with Crippen LogP contribution in [0.15, 0.2) is 10.7 Å².